The van der Waals surface area contributed by atoms with Gasteiger partial charge in [0.05, 0.1) is 18.4 Å². The maximum atomic E-state index is 12.9. The molecule has 4 aromatic rings. The maximum Gasteiger partial charge on any atom is 0.230 e. The van der Waals surface area contributed by atoms with E-state index in [4.69, 9.17) is 4.74 Å². The SMILES string of the molecule is CCOc1ccccc1-n1nnnc1SCC(=O)NC(Cc1ccccc1)c1ccccc1. The first-order valence-electron chi connectivity index (χ1n) is 10.8. The Hall–Kier alpha value is -3.65. The number of ether oxygens (including phenoxy) is 1. The molecule has 0 aliphatic rings. The molecule has 0 bridgehead atoms. The van der Waals surface area contributed by atoms with Crippen molar-refractivity contribution in [2.75, 3.05) is 12.4 Å². The predicted molar refractivity (Wildman–Crippen MR) is 129 cm³/mol. The molecule has 0 saturated carbocycles. The van der Waals surface area contributed by atoms with Gasteiger partial charge in [0, 0.05) is 0 Å². The van der Waals surface area contributed by atoms with Gasteiger partial charge in [0.2, 0.25) is 11.1 Å². The van der Waals surface area contributed by atoms with Crippen LogP contribution in [-0.2, 0) is 11.2 Å². The topological polar surface area (TPSA) is 81.9 Å². The Morgan fingerprint density at radius 2 is 1.70 bits per heavy atom. The van der Waals surface area contributed by atoms with E-state index < -0.39 is 0 Å². The van der Waals surface area contributed by atoms with Crippen molar-refractivity contribution in [1.29, 1.82) is 0 Å². The van der Waals surface area contributed by atoms with Crippen LogP contribution >= 0.6 is 11.8 Å². The average molecular weight is 460 g/mol. The molecule has 33 heavy (non-hydrogen) atoms. The molecule has 1 unspecified atom stereocenters. The van der Waals surface area contributed by atoms with E-state index >= 15 is 0 Å². The lowest BCUT2D eigenvalue weighted by Crippen LogP contribution is -2.31. The summed E-state index contributed by atoms with van der Waals surface area (Å²) >= 11 is 1.29. The Bertz CT molecular complexity index is 1170. The molecule has 4 rings (SSSR count). The van der Waals surface area contributed by atoms with Gasteiger partial charge >= 0.3 is 0 Å². The van der Waals surface area contributed by atoms with Crippen molar-refractivity contribution >= 4 is 17.7 Å². The fraction of sp³-hybridized carbons (Fsp3) is 0.200. The highest BCUT2D eigenvalue weighted by Crippen LogP contribution is 2.26. The summed E-state index contributed by atoms with van der Waals surface area (Å²) in [6.45, 7) is 2.46. The third kappa shape index (κ3) is 5.98. The Kier molecular flexibility index (Phi) is 7.71. The van der Waals surface area contributed by atoms with Crippen LogP contribution in [0.15, 0.2) is 90.1 Å². The van der Waals surface area contributed by atoms with Crippen molar-refractivity contribution in [1.82, 2.24) is 25.5 Å². The number of tetrazole rings is 1. The van der Waals surface area contributed by atoms with Gasteiger partial charge in [-0.3, -0.25) is 4.79 Å². The lowest BCUT2D eigenvalue weighted by Gasteiger charge is -2.19. The molecule has 168 valence electrons. The van der Waals surface area contributed by atoms with Crippen LogP contribution in [0.5, 0.6) is 5.75 Å². The standard InChI is InChI=1S/C25H25N5O2S/c1-2-32-23-16-10-9-15-22(23)30-25(27-28-29-30)33-18-24(31)26-21(20-13-7-4-8-14-20)17-19-11-5-3-6-12-19/h3-16,21H,2,17-18H2,1H3,(H,26,31). The predicted octanol–water partition coefficient (Wildman–Crippen LogP) is 4.25. The first-order valence-corrected chi connectivity index (χ1v) is 11.7. The van der Waals surface area contributed by atoms with Crippen LogP contribution in [0, 0.1) is 0 Å². The number of nitrogens with zero attached hydrogens (tertiary/aromatic N) is 4. The number of amides is 1. The summed E-state index contributed by atoms with van der Waals surface area (Å²) in [5, 5.41) is 15.7. The molecule has 0 aliphatic heterocycles. The molecule has 0 fully saturated rings. The summed E-state index contributed by atoms with van der Waals surface area (Å²) in [6, 6.07) is 27.6. The summed E-state index contributed by atoms with van der Waals surface area (Å²) in [5.74, 6) is 0.790. The van der Waals surface area contributed by atoms with Crippen LogP contribution in [0.1, 0.15) is 24.1 Å². The molecule has 7 nitrogen and oxygen atoms in total. The largest absolute Gasteiger partial charge is 0.492 e. The number of nitrogens with one attached hydrogen (secondary N) is 1. The fourth-order valence-corrected chi connectivity index (χ4v) is 4.18. The number of thioether (sulfide) groups is 1. The van der Waals surface area contributed by atoms with Crippen molar-refractivity contribution in [3.05, 3.63) is 96.1 Å². The Balaban J connectivity index is 1.45. The summed E-state index contributed by atoms with van der Waals surface area (Å²) in [6.07, 6.45) is 0.709. The van der Waals surface area contributed by atoms with Crippen LogP contribution in [-0.4, -0.2) is 38.5 Å². The quantitative estimate of drug-likeness (QED) is 0.357. The van der Waals surface area contributed by atoms with Crippen LogP contribution in [0.4, 0.5) is 0 Å². The molecule has 1 atom stereocenters. The van der Waals surface area contributed by atoms with Gasteiger partial charge in [-0.05, 0) is 47.0 Å². The second-order valence-corrected chi connectivity index (χ2v) is 8.23. The number of para-hydroxylation sites is 2. The van der Waals surface area contributed by atoms with Crippen molar-refractivity contribution in [2.24, 2.45) is 0 Å². The van der Waals surface area contributed by atoms with E-state index in [2.05, 4.69) is 33.0 Å². The van der Waals surface area contributed by atoms with Gasteiger partial charge in [0.1, 0.15) is 11.4 Å². The molecular formula is C25H25N5O2S. The number of carbonyl (C=O) groups is 1. The second-order valence-electron chi connectivity index (χ2n) is 7.28. The highest BCUT2D eigenvalue weighted by atomic mass is 32.2. The van der Waals surface area contributed by atoms with Gasteiger partial charge in [-0.2, -0.15) is 4.68 Å². The minimum atomic E-state index is -0.128. The summed E-state index contributed by atoms with van der Waals surface area (Å²) < 4.78 is 7.29. The van der Waals surface area contributed by atoms with Gasteiger partial charge < -0.3 is 10.1 Å². The van der Waals surface area contributed by atoms with E-state index in [1.165, 1.54) is 11.8 Å². The van der Waals surface area contributed by atoms with Gasteiger partial charge in [-0.15, -0.1) is 5.10 Å². The fourth-order valence-electron chi connectivity index (χ4n) is 3.48. The third-order valence-electron chi connectivity index (χ3n) is 4.99. The zero-order chi connectivity index (χ0) is 22.9. The molecule has 3 aromatic carbocycles. The summed E-state index contributed by atoms with van der Waals surface area (Å²) in [7, 11) is 0. The third-order valence-corrected chi connectivity index (χ3v) is 5.91. The van der Waals surface area contributed by atoms with Crippen molar-refractivity contribution in [2.45, 2.75) is 24.5 Å². The molecular weight excluding hydrogens is 434 g/mol. The lowest BCUT2D eigenvalue weighted by molar-refractivity contribution is -0.119. The van der Waals surface area contributed by atoms with E-state index in [1.807, 2.05) is 79.7 Å². The van der Waals surface area contributed by atoms with Crippen LogP contribution in [0.3, 0.4) is 0 Å². The van der Waals surface area contributed by atoms with E-state index in [-0.39, 0.29) is 17.7 Å². The van der Waals surface area contributed by atoms with Crippen molar-refractivity contribution < 1.29 is 9.53 Å². The molecule has 0 saturated heterocycles. The monoisotopic (exact) mass is 459 g/mol. The van der Waals surface area contributed by atoms with Gasteiger partial charge in [-0.25, -0.2) is 0 Å². The maximum absolute atomic E-state index is 12.9. The zero-order valence-corrected chi connectivity index (χ0v) is 19.1. The molecule has 1 aromatic heterocycles. The minimum Gasteiger partial charge on any atom is -0.492 e. The Labute approximate surface area is 197 Å². The second kappa shape index (κ2) is 11.3. The molecule has 0 spiro atoms. The van der Waals surface area contributed by atoms with E-state index in [9.17, 15) is 4.79 Å². The number of carbonyl (C=O) groups excluding carboxylic acids is 1. The first-order chi connectivity index (χ1) is 16.2. The normalized spacial score (nSPS) is 11.7. The van der Waals surface area contributed by atoms with Gasteiger partial charge in [0.15, 0.2) is 0 Å². The molecule has 1 amide bonds. The number of rotatable bonds is 10. The smallest absolute Gasteiger partial charge is 0.230 e. The molecule has 0 aliphatic carbocycles. The summed E-state index contributed by atoms with van der Waals surface area (Å²) in [5.41, 5.74) is 2.96. The Morgan fingerprint density at radius 3 is 2.45 bits per heavy atom. The average Bonchev–Trinajstić information content (AvgIpc) is 3.33. The van der Waals surface area contributed by atoms with Crippen LogP contribution in [0.25, 0.3) is 5.69 Å². The van der Waals surface area contributed by atoms with E-state index in [1.54, 1.807) is 4.68 Å². The number of hydrogen-bond donors (Lipinski definition) is 1. The summed E-state index contributed by atoms with van der Waals surface area (Å²) in [4.78, 5) is 12.9. The molecule has 1 heterocycles. The van der Waals surface area contributed by atoms with E-state index in [0.717, 1.165) is 16.8 Å². The van der Waals surface area contributed by atoms with Gasteiger partial charge in [-0.1, -0.05) is 84.6 Å². The van der Waals surface area contributed by atoms with Crippen LogP contribution in [0.2, 0.25) is 0 Å². The highest BCUT2D eigenvalue weighted by Gasteiger charge is 2.18. The van der Waals surface area contributed by atoms with Crippen molar-refractivity contribution in [3.8, 4) is 11.4 Å². The van der Waals surface area contributed by atoms with E-state index in [0.29, 0.717) is 23.9 Å². The number of hydrogen-bond acceptors (Lipinski definition) is 6. The van der Waals surface area contributed by atoms with Crippen molar-refractivity contribution in [3.63, 3.8) is 0 Å². The lowest BCUT2D eigenvalue weighted by atomic mass is 9.99. The molecule has 1 N–H and O–H groups in total. The van der Waals surface area contributed by atoms with Crippen LogP contribution < -0.4 is 10.1 Å². The minimum absolute atomic E-state index is 0.0857. The molecule has 8 heteroatoms. The molecule has 0 radical (unpaired) electrons. The zero-order valence-electron chi connectivity index (χ0n) is 18.3. The Morgan fingerprint density at radius 1 is 1.00 bits per heavy atom. The number of aromatic nitrogens is 4. The number of benzene rings is 3. The first kappa shape index (κ1) is 22.5. The van der Waals surface area contributed by atoms with Gasteiger partial charge in [0.25, 0.3) is 0 Å². The highest BCUT2D eigenvalue weighted by molar-refractivity contribution is 7.99.